The Kier molecular flexibility index (Phi) is 3.46. The third-order valence-corrected chi connectivity index (χ3v) is 2.35. The Morgan fingerprint density at radius 1 is 1.16 bits per heavy atom. The molecule has 0 aliphatic heterocycles. The molecule has 0 amide bonds. The second kappa shape index (κ2) is 5.21. The molecule has 7 nitrogen and oxygen atoms in total. The first-order valence-electron chi connectivity index (χ1n) is 5.37. The van der Waals surface area contributed by atoms with Crippen molar-refractivity contribution in [1.29, 1.82) is 0 Å². The Hall–Kier alpha value is -2.83. The molecule has 0 aliphatic carbocycles. The predicted octanol–water partition coefficient (Wildman–Crippen LogP) is 0.593. The van der Waals surface area contributed by atoms with Crippen molar-refractivity contribution < 1.29 is 9.53 Å². The summed E-state index contributed by atoms with van der Waals surface area (Å²) in [7, 11) is 1.30. The molecule has 0 unspecified atom stereocenters. The van der Waals surface area contributed by atoms with Crippen LogP contribution in [0.3, 0.4) is 0 Å². The summed E-state index contributed by atoms with van der Waals surface area (Å²) < 4.78 is 4.57. The van der Waals surface area contributed by atoms with Crippen LogP contribution in [-0.2, 0) is 4.74 Å². The predicted molar refractivity (Wildman–Crippen MR) is 68.7 cm³/mol. The molecule has 2 rings (SSSR count). The minimum atomic E-state index is -0.596. The number of carbonyl (C=O) groups excluding carboxylic acids is 1. The smallest absolute Gasteiger partial charge is 0.337 e. The lowest BCUT2D eigenvalue weighted by Gasteiger charge is -2.06. The van der Waals surface area contributed by atoms with E-state index in [0.29, 0.717) is 11.3 Å². The largest absolute Gasteiger partial charge is 0.465 e. The molecule has 3 N–H and O–H groups in total. The molecule has 0 radical (unpaired) electrons. The summed E-state index contributed by atoms with van der Waals surface area (Å²) in [5.74, 6) is -0.171. The lowest BCUT2D eigenvalue weighted by atomic mass is 10.2. The first-order chi connectivity index (χ1) is 9.08. The maximum absolute atomic E-state index is 11.2. The Morgan fingerprint density at radius 2 is 1.84 bits per heavy atom. The number of benzene rings is 1. The number of esters is 1. The maximum atomic E-state index is 11.2. The number of aromatic nitrogens is 2. The Morgan fingerprint density at radius 3 is 2.42 bits per heavy atom. The number of aromatic amines is 2. The second-order valence-corrected chi connectivity index (χ2v) is 3.70. The van der Waals surface area contributed by atoms with Crippen molar-refractivity contribution in [3.63, 3.8) is 0 Å². The number of nitrogens with one attached hydrogen (secondary N) is 3. The molecule has 0 saturated carbocycles. The highest BCUT2D eigenvalue weighted by Crippen LogP contribution is 2.13. The van der Waals surface area contributed by atoms with Gasteiger partial charge in [0.2, 0.25) is 0 Å². The first-order valence-corrected chi connectivity index (χ1v) is 5.37. The van der Waals surface area contributed by atoms with Crippen LogP contribution in [0, 0.1) is 0 Å². The number of ether oxygens (including phenoxy) is 1. The highest BCUT2D eigenvalue weighted by molar-refractivity contribution is 5.89. The van der Waals surface area contributed by atoms with E-state index in [2.05, 4.69) is 20.0 Å². The zero-order valence-corrected chi connectivity index (χ0v) is 10.0. The maximum Gasteiger partial charge on any atom is 0.337 e. The van der Waals surface area contributed by atoms with Gasteiger partial charge in [0, 0.05) is 11.8 Å². The van der Waals surface area contributed by atoms with Crippen molar-refractivity contribution >= 4 is 17.5 Å². The molecule has 0 fully saturated rings. The fraction of sp³-hybridized carbons (Fsp3) is 0.0833. The van der Waals surface area contributed by atoms with Gasteiger partial charge in [-0.15, -0.1) is 0 Å². The van der Waals surface area contributed by atoms with Crippen LogP contribution in [0.5, 0.6) is 0 Å². The normalized spacial score (nSPS) is 9.95. The lowest BCUT2D eigenvalue weighted by molar-refractivity contribution is 0.0601. The summed E-state index contributed by atoms with van der Waals surface area (Å²) in [6, 6.07) is 7.62. The first kappa shape index (κ1) is 12.6. The SMILES string of the molecule is COC(=O)c1ccc(Nc2cc(=O)[nH]c(=O)[nH]2)cc1. The van der Waals surface area contributed by atoms with Crippen LogP contribution >= 0.6 is 0 Å². The average Bonchev–Trinajstić information content (AvgIpc) is 2.37. The van der Waals surface area contributed by atoms with Crippen molar-refractivity contribution in [3.05, 3.63) is 56.7 Å². The van der Waals surface area contributed by atoms with Gasteiger partial charge in [-0.2, -0.15) is 0 Å². The van der Waals surface area contributed by atoms with E-state index in [-0.39, 0.29) is 5.82 Å². The topological polar surface area (TPSA) is 104 Å². The van der Waals surface area contributed by atoms with Gasteiger partial charge in [0.1, 0.15) is 5.82 Å². The van der Waals surface area contributed by atoms with Crippen LogP contribution in [0.15, 0.2) is 39.9 Å². The van der Waals surface area contributed by atoms with Crippen LogP contribution in [0.4, 0.5) is 11.5 Å². The van der Waals surface area contributed by atoms with Crippen LogP contribution in [-0.4, -0.2) is 23.0 Å². The van der Waals surface area contributed by atoms with Crippen molar-refractivity contribution in [2.45, 2.75) is 0 Å². The van der Waals surface area contributed by atoms with Crippen molar-refractivity contribution in [1.82, 2.24) is 9.97 Å². The molecule has 7 heteroatoms. The third kappa shape index (κ3) is 3.09. The molecule has 1 aromatic heterocycles. The summed E-state index contributed by atoms with van der Waals surface area (Å²) in [6.45, 7) is 0. The van der Waals surface area contributed by atoms with Gasteiger partial charge < -0.3 is 10.1 Å². The van der Waals surface area contributed by atoms with Crippen molar-refractivity contribution in [2.24, 2.45) is 0 Å². The van der Waals surface area contributed by atoms with Crippen LogP contribution in [0.2, 0.25) is 0 Å². The Balaban J connectivity index is 2.22. The van der Waals surface area contributed by atoms with Gasteiger partial charge in [-0.05, 0) is 24.3 Å². The minimum absolute atomic E-state index is 0.263. The Bertz CT molecular complexity index is 672. The number of rotatable bonds is 3. The molecule has 0 spiro atoms. The fourth-order valence-corrected chi connectivity index (χ4v) is 1.50. The monoisotopic (exact) mass is 261 g/mol. The van der Waals surface area contributed by atoms with Gasteiger partial charge in [0.05, 0.1) is 12.7 Å². The molecule has 0 bridgehead atoms. The number of H-pyrrole nitrogens is 2. The van der Waals surface area contributed by atoms with Crippen LogP contribution in [0.25, 0.3) is 0 Å². The molecule has 1 heterocycles. The summed E-state index contributed by atoms with van der Waals surface area (Å²) in [5.41, 5.74) is -0.0695. The molecule has 98 valence electrons. The molecule has 0 atom stereocenters. The van der Waals surface area contributed by atoms with Gasteiger partial charge in [0.25, 0.3) is 5.56 Å². The molecule has 19 heavy (non-hydrogen) atoms. The fourth-order valence-electron chi connectivity index (χ4n) is 1.50. The van der Waals surface area contributed by atoms with Crippen molar-refractivity contribution in [3.8, 4) is 0 Å². The van der Waals surface area contributed by atoms with E-state index < -0.39 is 17.2 Å². The van der Waals surface area contributed by atoms with Crippen LogP contribution in [0.1, 0.15) is 10.4 Å². The van der Waals surface area contributed by atoms with Crippen molar-refractivity contribution in [2.75, 3.05) is 12.4 Å². The van der Waals surface area contributed by atoms with E-state index in [9.17, 15) is 14.4 Å². The van der Waals surface area contributed by atoms with Gasteiger partial charge >= 0.3 is 11.7 Å². The molecule has 0 saturated heterocycles. The third-order valence-electron chi connectivity index (χ3n) is 2.35. The number of carbonyl (C=O) groups is 1. The van der Waals surface area contributed by atoms with Gasteiger partial charge in [-0.25, -0.2) is 9.59 Å². The molecular formula is C12H11N3O4. The minimum Gasteiger partial charge on any atom is -0.465 e. The van der Waals surface area contributed by atoms with E-state index in [1.165, 1.54) is 13.2 Å². The number of hydrogen-bond donors (Lipinski definition) is 3. The highest BCUT2D eigenvalue weighted by Gasteiger charge is 2.04. The number of hydrogen-bond acceptors (Lipinski definition) is 5. The lowest BCUT2D eigenvalue weighted by Crippen LogP contribution is -2.22. The Labute approximate surface area is 107 Å². The van der Waals surface area contributed by atoms with Gasteiger partial charge in [-0.3, -0.25) is 14.8 Å². The highest BCUT2D eigenvalue weighted by atomic mass is 16.5. The van der Waals surface area contributed by atoms with E-state index in [1.54, 1.807) is 24.3 Å². The standard InChI is InChI=1S/C12H11N3O4/c1-19-11(17)7-2-4-8(5-3-7)13-9-6-10(16)15-12(18)14-9/h2-6H,1H3,(H3,13,14,15,16,18). The van der Waals surface area contributed by atoms with Gasteiger partial charge in [-0.1, -0.05) is 0 Å². The average molecular weight is 261 g/mol. The summed E-state index contributed by atoms with van der Waals surface area (Å²) in [4.78, 5) is 37.9. The van der Waals surface area contributed by atoms with E-state index in [0.717, 1.165) is 0 Å². The molecule has 2 aromatic rings. The van der Waals surface area contributed by atoms with Crippen LogP contribution < -0.4 is 16.6 Å². The molecule has 1 aromatic carbocycles. The van der Waals surface area contributed by atoms with E-state index in [1.807, 2.05) is 0 Å². The molecular weight excluding hydrogens is 250 g/mol. The summed E-state index contributed by atoms with van der Waals surface area (Å²) >= 11 is 0. The zero-order chi connectivity index (χ0) is 13.8. The quantitative estimate of drug-likeness (QED) is 0.701. The van der Waals surface area contributed by atoms with E-state index >= 15 is 0 Å². The van der Waals surface area contributed by atoms with Gasteiger partial charge in [0.15, 0.2) is 0 Å². The van der Waals surface area contributed by atoms with E-state index in [4.69, 9.17) is 0 Å². The zero-order valence-electron chi connectivity index (χ0n) is 10.0. The number of methoxy groups -OCH3 is 1. The summed E-state index contributed by atoms with van der Waals surface area (Å²) in [5, 5.41) is 2.84. The summed E-state index contributed by atoms with van der Waals surface area (Å²) in [6.07, 6.45) is 0. The molecule has 0 aliphatic rings. The second-order valence-electron chi connectivity index (χ2n) is 3.70. The number of anilines is 2.